The van der Waals surface area contributed by atoms with Crippen LogP contribution in [-0.4, -0.2) is 29.2 Å². The first-order valence-corrected chi connectivity index (χ1v) is 5.22. The normalized spacial score (nSPS) is 16.8. The van der Waals surface area contributed by atoms with Crippen molar-refractivity contribution < 1.29 is 22.0 Å². The molecule has 0 atom stereocenters. The Morgan fingerprint density at radius 3 is 2.65 bits per heavy atom. The second kappa shape index (κ2) is 4.59. The highest BCUT2D eigenvalue weighted by atomic mass is 19.3. The van der Waals surface area contributed by atoms with E-state index < -0.39 is 18.2 Å². The molecule has 1 saturated carbocycles. The van der Waals surface area contributed by atoms with Crippen LogP contribution in [0, 0.1) is 0 Å². The molecule has 1 fully saturated rings. The number of rotatable bonds is 6. The molecule has 1 aliphatic carbocycles. The summed E-state index contributed by atoms with van der Waals surface area (Å²) in [6.45, 7) is 0.506. The summed E-state index contributed by atoms with van der Waals surface area (Å²) in [5.41, 5.74) is 0. The molecule has 1 heterocycles. The maximum absolute atomic E-state index is 12.8. The van der Waals surface area contributed by atoms with E-state index in [2.05, 4.69) is 19.9 Å². The Balaban J connectivity index is 1.90. The van der Waals surface area contributed by atoms with Gasteiger partial charge in [-0.15, -0.1) is 10.2 Å². The Labute approximate surface area is 94.4 Å². The van der Waals surface area contributed by atoms with Crippen LogP contribution in [0.1, 0.15) is 24.6 Å². The molecule has 8 heteroatoms. The van der Waals surface area contributed by atoms with Gasteiger partial charge in [-0.2, -0.15) is 8.78 Å². The fourth-order valence-corrected chi connectivity index (χ4v) is 1.25. The van der Waals surface area contributed by atoms with E-state index in [0.717, 1.165) is 12.8 Å². The second-order valence-electron chi connectivity index (χ2n) is 3.90. The molecule has 4 nitrogen and oxygen atoms in total. The van der Waals surface area contributed by atoms with Crippen molar-refractivity contribution in [1.29, 1.82) is 0 Å². The standard InChI is InChI=1S/C9H11F4N3O/c10-7(11)9(12,13)8-16-15-6(17-8)3-4-14-5-1-2-5/h5,7,14H,1-4H2. The van der Waals surface area contributed by atoms with Gasteiger partial charge in [-0.05, 0) is 12.8 Å². The lowest BCUT2D eigenvalue weighted by atomic mass is 10.3. The Kier molecular flexibility index (Phi) is 3.32. The summed E-state index contributed by atoms with van der Waals surface area (Å²) < 4.78 is 54.1. The quantitative estimate of drug-likeness (QED) is 0.784. The Morgan fingerprint density at radius 1 is 1.35 bits per heavy atom. The van der Waals surface area contributed by atoms with E-state index in [1.807, 2.05) is 0 Å². The van der Waals surface area contributed by atoms with Crippen molar-refractivity contribution in [3.05, 3.63) is 11.8 Å². The smallest absolute Gasteiger partial charge is 0.382 e. The summed E-state index contributed by atoms with van der Waals surface area (Å²) in [6, 6.07) is 0.472. The van der Waals surface area contributed by atoms with Gasteiger partial charge < -0.3 is 9.73 Å². The summed E-state index contributed by atoms with van der Waals surface area (Å²) in [5.74, 6) is -5.77. The maximum Gasteiger partial charge on any atom is 0.382 e. The first kappa shape index (κ1) is 12.3. The highest BCUT2D eigenvalue weighted by molar-refractivity contribution is 4.93. The van der Waals surface area contributed by atoms with Gasteiger partial charge >= 0.3 is 12.3 Å². The number of hydrogen-bond donors (Lipinski definition) is 1. The van der Waals surface area contributed by atoms with Crippen molar-refractivity contribution in [2.24, 2.45) is 0 Å². The first-order valence-electron chi connectivity index (χ1n) is 5.22. The minimum atomic E-state index is -4.38. The maximum atomic E-state index is 12.8. The molecular formula is C9H11F4N3O. The van der Waals surface area contributed by atoms with Gasteiger partial charge in [0.15, 0.2) is 0 Å². The minimum absolute atomic E-state index is 0.0616. The molecule has 0 bridgehead atoms. The van der Waals surface area contributed by atoms with E-state index in [1.54, 1.807) is 0 Å². The average Bonchev–Trinajstić information content (AvgIpc) is 2.94. The topological polar surface area (TPSA) is 51.0 Å². The largest absolute Gasteiger partial charge is 0.419 e. The molecule has 17 heavy (non-hydrogen) atoms. The van der Waals surface area contributed by atoms with Crippen molar-refractivity contribution in [2.75, 3.05) is 6.54 Å². The van der Waals surface area contributed by atoms with Gasteiger partial charge in [-0.25, -0.2) is 8.78 Å². The van der Waals surface area contributed by atoms with E-state index in [0.29, 0.717) is 12.6 Å². The molecule has 96 valence electrons. The van der Waals surface area contributed by atoms with E-state index >= 15 is 0 Å². The second-order valence-corrected chi connectivity index (χ2v) is 3.90. The molecule has 1 N–H and O–H groups in total. The predicted molar refractivity (Wildman–Crippen MR) is 48.9 cm³/mol. The number of alkyl halides is 4. The Morgan fingerprint density at radius 2 is 2.06 bits per heavy atom. The van der Waals surface area contributed by atoms with E-state index in [4.69, 9.17) is 0 Å². The average molecular weight is 253 g/mol. The highest BCUT2D eigenvalue weighted by Gasteiger charge is 2.48. The molecule has 1 aromatic rings. The van der Waals surface area contributed by atoms with Gasteiger partial charge in [0.2, 0.25) is 5.89 Å². The zero-order valence-electron chi connectivity index (χ0n) is 8.80. The fourth-order valence-electron chi connectivity index (χ4n) is 1.25. The monoisotopic (exact) mass is 253 g/mol. The molecule has 1 aliphatic rings. The van der Waals surface area contributed by atoms with Crippen LogP contribution in [0.4, 0.5) is 17.6 Å². The molecule has 0 spiro atoms. The summed E-state index contributed by atoms with van der Waals surface area (Å²) in [4.78, 5) is 0. The van der Waals surface area contributed by atoms with Crippen LogP contribution in [-0.2, 0) is 12.3 Å². The lowest BCUT2D eigenvalue weighted by molar-refractivity contribution is -0.151. The molecule has 0 unspecified atom stereocenters. The van der Waals surface area contributed by atoms with Crippen molar-refractivity contribution in [3.63, 3.8) is 0 Å². The SMILES string of the molecule is FC(F)C(F)(F)c1nnc(CCNC2CC2)o1. The minimum Gasteiger partial charge on any atom is -0.419 e. The van der Waals surface area contributed by atoms with Crippen molar-refractivity contribution in [2.45, 2.75) is 37.7 Å². The highest BCUT2D eigenvalue weighted by Crippen LogP contribution is 2.33. The lowest BCUT2D eigenvalue weighted by Gasteiger charge is -2.09. The van der Waals surface area contributed by atoms with E-state index in [9.17, 15) is 17.6 Å². The third-order valence-electron chi connectivity index (χ3n) is 2.38. The van der Waals surface area contributed by atoms with Crippen LogP contribution in [0.3, 0.4) is 0 Å². The van der Waals surface area contributed by atoms with Crippen LogP contribution >= 0.6 is 0 Å². The van der Waals surface area contributed by atoms with Crippen LogP contribution in [0.2, 0.25) is 0 Å². The third kappa shape index (κ3) is 2.93. The van der Waals surface area contributed by atoms with Gasteiger partial charge in [0, 0.05) is 19.0 Å². The number of hydrogen-bond acceptors (Lipinski definition) is 4. The predicted octanol–water partition coefficient (Wildman–Crippen LogP) is 1.72. The van der Waals surface area contributed by atoms with Gasteiger partial charge in [0.1, 0.15) is 0 Å². The fraction of sp³-hybridized carbons (Fsp3) is 0.778. The molecule has 0 radical (unpaired) electrons. The summed E-state index contributed by atoms with van der Waals surface area (Å²) >= 11 is 0. The molecule has 0 saturated heterocycles. The summed E-state index contributed by atoms with van der Waals surface area (Å²) in [6.07, 6.45) is -1.40. The van der Waals surface area contributed by atoms with Crippen molar-refractivity contribution in [1.82, 2.24) is 15.5 Å². The van der Waals surface area contributed by atoms with E-state index in [1.165, 1.54) is 0 Å². The van der Waals surface area contributed by atoms with E-state index in [-0.39, 0.29) is 12.3 Å². The Hall–Kier alpha value is -1.18. The van der Waals surface area contributed by atoms with Crippen LogP contribution in [0.5, 0.6) is 0 Å². The number of aromatic nitrogens is 2. The van der Waals surface area contributed by atoms with Crippen LogP contribution < -0.4 is 5.32 Å². The van der Waals surface area contributed by atoms with Crippen molar-refractivity contribution in [3.8, 4) is 0 Å². The molecule has 0 amide bonds. The lowest BCUT2D eigenvalue weighted by Crippen LogP contribution is -2.24. The van der Waals surface area contributed by atoms with Gasteiger partial charge in [0.05, 0.1) is 0 Å². The first-order chi connectivity index (χ1) is 8.00. The van der Waals surface area contributed by atoms with Crippen molar-refractivity contribution >= 4 is 0 Å². The zero-order valence-corrected chi connectivity index (χ0v) is 8.80. The Bertz CT molecular complexity index is 378. The third-order valence-corrected chi connectivity index (χ3v) is 2.38. The van der Waals surface area contributed by atoms with Gasteiger partial charge in [-0.3, -0.25) is 0 Å². The number of nitrogens with zero attached hydrogens (tertiary/aromatic N) is 2. The molecule has 1 aromatic heterocycles. The number of halogens is 4. The molecule has 2 rings (SSSR count). The van der Waals surface area contributed by atoms with Crippen LogP contribution in [0.25, 0.3) is 0 Å². The molecule has 0 aliphatic heterocycles. The number of nitrogens with one attached hydrogen (secondary N) is 1. The van der Waals surface area contributed by atoms with Gasteiger partial charge in [0.25, 0.3) is 5.89 Å². The summed E-state index contributed by atoms with van der Waals surface area (Å²) in [5, 5.41) is 9.37. The summed E-state index contributed by atoms with van der Waals surface area (Å²) in [7, 11) is 0. The zero-order chi connectivity index (χ0) is 12.5. The molecular weight excluding hydrogens is 242 g/mol. The molecule has 0 aromatic carbocycles. The van der Waals surface area contributed by atoms with Gasteiger partial charge in [-0.1, -0.05) is 0 Å². The van der Waals surface area contributed by atoms with Crippen LogP contribution in [0.15, 0.2) is 4.42 Å².